The molecule has 0 saturated carbocycles. The summed E-state index contributed by atoms with van der Waals surface area (Å²) in [6.07, 6.45) is 16.4. The zero-order valence-electron chi connectivity index (χ0n) is 23.8. The topological polar surface area (TPSA) is 6.48 Å². The van der Waals surface area contributed by atoms with E-state index in [9.17, 15) is 0 Å². The Bertz CT molecular complexity index is 1730. The molecule has 0 aromatic heterocycles. The minimum Gasteiger partial charge on any atom is -0.333 e. The van der Waals surface area contributed by atoms with Crippen molar-refractivity contribution < 1.29 is 0 Å². The second kappa shape index (κ2) is 9.38. The second-order valence-electron chi connectivity index (χ2n) is 12.5. The number of para-hydroxylation sites is 4. The fourth-order valence-electron chi connectivity index (χ4n) is 8.21. The fraction of sp³-hybridized carbons (Fsp3) is 0.231. The standard InChI is InChI=1S/C39H36N2/c1-27-14-13-25-38-39(2,26-27)32-19-7-12-24-37(32)41(38)36-23-11-6-18-31(36)30-17-5-10-22-35(30)40-33-20-8-3-15-28(33)29-16-4-9-21-34(29)40/h3-13,15-25,27-28,33,38H,14,26H2,1-2H3/t27?,28?,33?,38-,39?/m0/s1. The third kappa shape index (κ3) is 3.63. The first kappa shape index (κ1) is 24.5. The van der Waals surface area contributed by atoms with Crippen molar-refractivity contribution in [2.75, 3.05) is 9.80 Å². The number of nitrogens with zero attached hydrogens (tertiary/aromatic N) is 2. The van der Waals surface area contributed by atoms with Gasteiger partial charge in [0.2, 0.25) is 0 Å². The van der Waals surface area contributed by atoms with Gasteiger partial charge in [0, 0.05) is 45.2 Å². The second-order valence-corrected chi connectivity index (χ2v) is 12.5. The van der Waals surface area contributed by atoms with Crippen LogP contribution in [0.15, 0.2) is 134 Å². The van der Waals surface area contributed by atoms with Crippen molar-refractivity contribution in [2.45, 2.75) is 50.1 Å². The third-order valence-electron chi connectivity index (χ3n) is 9.92. The number of allylic oxidation sites excluding steroid dienone is 3. The van der Waals surface area contributed by atoms with E-state index in [4.69, 9.17) is 0 Å². The van der Waals surface area contributed by atoms with Crippen molar-refractivity contribution in [3.05, 3.63) is 145 Å². The lowest BCUT2D eigenvalue weighted by Crippen LogP contribution is -2.40. The van der Waals surface area contributed by atoms with Crippen LogP contribution in [0.25, 0.3) is 11.1 Å². The van der Waals surface area contributed by atoms with E-state index in [1.165, 1.54) is 51.4 Å². The number of fused-ring (bicyclic) bond motifs is 6. The number of benzene rings is 4. The number of anilines is 4. The molecule has 4 aromatic rings. The Morgan fingerprint density at radius 3 is 2.02 bits per heavy atom. The summed E-state index contributed by atoms with van der Waals surface area (Å²) in [5, 5.41) is 0. The molecule has 0 amide bonds. The predicted octanol–water partition coefficient (Wildman–Crippen LogP) is 9.85. The minimum absolute atomic E-state index is 0.0655. The Balaban J connectivity index is 1.32. The van der Waals surface area contributed by atoms with Crippen molar-refractivity contribution in [3.8, 4) is 11.1 Å². The van der Waals surface area contributed by atoms with Gasteiger partial charge >= 0.3 is 0 Å². The molecule has 2 heterocycles. The van der Waals surface area contributed by atoms with Crippen molar-refractivity contribution in [1.82, 2.24) is 0 Å². The molecule has 4 unspecified atom stereocenters. The zero-order valence-corrected chi connectivity index (χ0v) is 23.8. The summed E-state index contributed by atoms with van der Waals surface area (Å²) in [6.45, 7) is 4.90. The van der Waals surface area contributed by atoms with Gasteiger partial charge in [0.05, 0.1) is 12.1 Å². The molecule has 2 aliphatic heterocycles. The SMILES string of the molecule is CC1CC=C[C@@H]2N(c3ccccc3-c3ccccc3N3c4ccccc4C4C=CC=CC43)c3ccccc3C2(C)C1. The smallest absolute Gasteiger partial charge is 0.0629 e. The summed E-state index contributed by atoms with van der Waals surface area (Å²) in [6, 6.07) is 36.7. The summed E-state index contributed by atoms with van der Waals surface area (Å²) in [5.41, 5.74) is 10.7. The van der Waals surface area contributed by atoms with E-state index < -0.39 is 0 Å². The highest BCUT2D eigenvalue weighted by molar-refractivity contribution is 5.93. The van der Waals surface area contributed by atoms with Gasteiger partial charge in [-0.15, -0.1) is 0 Å². The van der Waals surface area contributed by atoms with Gasteiger partial charge in [-0.25, -0.2) is 0 Å². The maximum Gasteiger partial charge on any atom is 0.0629 e. The molecule has 202 valence electrons. The lowest BCUT2D eigenvalue weighted by Gasteiger charge is -2.36. The number of hydrogen-bond acceptors (Lipinski definition) is 2. The maximum atomic E-state index is 2.64. The van der Waals surface area contributed by atoms with Gasteiger partial charge in [-0.3, -0.25) is 0 Å². The van der Waals surface area contributed by atoms with Gasteiger partial charge in [-0.1, -0.05) is 123 Å². The zero-order chi connectivity index (χ0) is 27.6. The summed E-state index contributed by atoms with van der Waals surface area (Å²) < 4.78 is 0. The largest absolute Gasteiger partial charge is 0.333 e. The van der Waals surface area contributed by atoms with Crippen LogP contribution in [0.5, 0.6) is 0 Å². The Labute approximate surface area is 244 Å². The van der Waals surface area contributed by atoms with Crippen LogP contribution in [0.1, 0.15) is 43.7 Å². The van der Waals surface area contributed by atoms with Gasteiger partial charge in [-0.05, 0) is 54.2 Å². The molecule has 4 aliphatic rings. The monoisotopic (exact) mass is 532 g/mol. The van der Waals surface area contributed by atoms with Crippen LogP contribution in [0.2, 0.25) is 0 Å². The third-order valence-corrected chi connectivity index (χ3v) is 9.92. The molecule has 2 nitrogen and oxygen atoms in total. The Kier molecular flexibility index (Phi) is 5.60. The predicted molar refractivity (Wildman–Crippen MR) is 173 cm³/mol. The summed E-state index contributed by atoms with van der Waals surface area (Å²) in [5.74, 6) is 1.02. The summed E-state index contributed by atoms with van der Waals surface area (Å²) in [7, 11) is 0. The molecule has 8 rings (SSSR count). The average molecular weight is 533 g/mol. The number of hydrogen-bond donors (Lipinski definition) is 0. The average Bonchev–Trinajstić information content (AvgIpc) is 3.40. The molecule has 5 atom stereocenters. The Morgan fingerprint density at radius 1 is 0.634 bits per heavy atom. The molecule has 0 bridgehead atoms. The van der Waals surface area contributed by atoms with Crippen LogP contribution in [0, 0.1) is 5.92 Å². The minimum atomic E-state index is 0.0655. The lowest BCUT2D eigenvalue weighted by molar-refractivity contribution is 0.352. The first-order chi connectivity index (χ1) is 20.1. The molecule has 0 fully saturated rings. The van der Waals surface area contributed by atoms with Gasteiger partial charge < -0.3 is 9.80 Å². The van der Waals surface area contributed by atoms with Crippen LogP contribution in [-0.2, 0) is 5.41 Å². The van der Waals surface area contributed by atoms with Crippen molar-refractivity contribution >= 4 is 22.7 Å². The van der Waals surface area contributed by atoms with Gasteiger partial charge in [0.15, 0.2) is 0 Å². The van der Waals surface area contributed by atoms with E-state index in [1.54, 1.807) is 0 Å². The fourth-order valence-corrected chi connectivity index (χ4v) is 8.21. The first-order valence-corrected chi connectivity index (χ1v) is 15.1. The molecule has 0 N–H and O–H groups in total. The molecule has 2 aliphatic carbocycles. The summed E-state index contributed by atoms with van der Waals surface area (Å²) in [4.78, 5) is 5.21. The van der Waals surface area contributed by atoms with Gasteiger partial charge in [0.1, 0.15) is 0 Å². The molecule has 2 heteroatoms. The van der Waals surface area contributed by atoms with E-state index >= 15 is 0 Å². The molecular weight excluding hydrogens is 496 g/mol. The highest BCUT2D eigenvalue weighted by Crippen LogP contribution is 2.56. The maximum absolute atomic E-state index is 2.64. The van der Waals surface area contributed by atoms with Crippen LogP contribution in [-0.4, -0.2) is 12.1 Å². The van der Waals surface area contributed by atoms with Crippen LogP contribution in [0.4, 0.5) is 22.7 Å². The van der Waals surface area contributed by atoms with Crippen molar-refractivity contribution in [2.24, 2.45) is 5.92 Å². The molecule has 0 radical (unpaired) electrons. The van der Waals surface area contributed by atoms with Gasteiger partial charge in [-0.2, -0.15) is 0 Å². The van der Waals surface area contributed by atoms with Crippen molar-refractivity contribution in [3.63, 3.8) is 0 Å². The van der Waals surface area contributed by atoms with E-state index in [2.05, 4.69) is 157 Å². The molecule has 4 aromatic carbocycles. The quantitative estimate of drug-likeness (QED) is 0.242. The van der Waals surface area contributed by atoms with Gasteiger partial charge in [0.25, 0.3) is 0 Å². The van der Waals surface area contributed by atoms with E-state index in [0.717, 1.165) is 6.42 Å². The van der Waals surface area contributed by atoms with Crippen LogP contribution >= 0.6 is 0 Å². The van der Waals surface area contributed by atoms with E-state index in [0.29, 0.717) is 11.8 Å². The Morgan fingerprint density at radius 2 is 1.24 bits per heavy atom. The first-order valence-electron chi connectivity index (χ1n) is 15.1. The highest BCUT2D eigenvalue weighted by Gasteiger charge is 2.48. The van der Waals surface area contributed by atoms with E-state index in [-0.39, 0.29) is 17.5 Å². The Hall–Kier alpha value is -4.30. The van der Waals surface area contributed by atoms with Crippen LogP contribution in [0.3, 0.4) is 0 Å². The molecule has 41 heavy (non-hydrogen) atoms. The van der Waals surface area contributed by atoms with Crippen molar-refractivity contribution in [1.29, 1.82) is 0 Å². The molecular formula is C39H36N2. The summed E-state index contributed by atoms with van der Waals surface area (Å²) >= 11 is 0. The molecule has 0 spiro atoms. The van der Waals surface area contributed by atoms with E-state index in [1.807, 2.05) is 0 Å². The normalized spacial score (nSPS) is 27.3. The number of rotatable bonds is 3. The lowest BCUT2D eigenvalue weighted by atomic mass is 9.73. The molecule has 0 saturated heterocycles. The highest BCUT2D eigenvalue weighted by atomic mass is 15.2. The van der Waals surface area contributed by atoms with Crippen LogP contribution < -0.4 is 9.80 Å².